The molecule has 4 heteroatoms. The number of esters is 1. The number of hydrogen-bond donors (Lipinski definition) is 0. The first-order valence-corrected chi connectivity index (χ1v) is 12.3. The summed E-state index contributed by atoms with van der Waals surface area (Å²) in [5, 5.41) is 0. The van der Waals surface area contributed by atoms with Crippen LogP contribution in [0.2, 0.25) is 0 Å². The standard InChI is InChI=1S/C38H12O3S/c1-3-5-7-9-11-13-15-17-19-21-23-25-27-29-33-40-34-31-36-42-37-32-38(39)41-35-30-28-26-24-22-20-18-16-14-12-10-8-6-4-2/h1-2H,31-32,34,36-37H2. The Morgan fingerprint density at radius 2 is 0.833 bits per heavy atom. The summed E-state index contributed by atoms with van der Waals surface area (Å²) in [4.78, 5) is 11.6. The van der Waals surface area contributed by atoms with Crippen LogP contribution in [0, 0.1) is 191 Å². The van der Waals surface area contributed by atoms with E-state index in [1.165, 1.54) is 0 Å². The Morgan fingerprint density at radius 1 is 0.476 bits per heavy atom. The van der Waals surface area contributed by atoms with E-state index in [-0.39, 0.29) is 6.42 Å². The molecule has 42 heavy (non-hydrogen) atoms. The van der Waals surface area contributed by atoms with Crippen molar-refractivity contribution in [2.75, 3.05) is 18.1 Å². The van der Waals surface area contributed by atoms with E-state index in [0.29, 0.717) is 12.4 Å². The molecule has 0 bridgehead atoms. The van der Waals surface area contributed by atoms with Gasteiger partial charge in [0.15, 0.2) is 0 Å². The Morgan fingerprint density at radius 3 is 1.24 bits per heavy atom. The van der Waals surface area contributed by atoms with Gasteiger partial charge in [-0.3, -0.25) is 4.79 Å². The van der Waals surface area contributed by atoms with Gasteiger partial charge < -0.3 is 9.47 Å². The summed E-state index contributed by atoms with van der Waals surface area (Å²) in [6.45, 7) is 0.434. The molecular weight excluding hydrogens is 536 g/mol. The lowest BCUT2D eigenvalue weighted by molar-refractivity contribution is -0.136. The fourth-order valence-corrected chi connectivity index (χ4v) is 2.36. The van der Waals surface area contributed by atoms with Crippen molar-refractivity contribution in [3.05, 3.63) is 0 Å². The van der Waals surface area contributed by atoms with Gasteiger partial charge in [-0.05, 0) is 95.1 Å². The van der Waals surface area contributed by atoms with Crippen molar-refractivity contribution in [3.63, 3.8) is 0 Å². The summed E-state index contributed by atoms with van der Waals surface area (Å²) in [5.74, 6) is 69.0. The second-order valence-electron chi connectivity index (χ2n) is 5.78. The topological polar surface area (TPSA) is 35.5 Å². The molecule has 0 aromatic heterocycles. The Hall–Kier alpha value is -7.42. The number of terminal acetylenes is 2. The summed E-state index contributed by atoms with van der Waals surface area (Å²) in [7, 11) is 0. The highest BCUT2D eigenvalue weighted by atomic mass is 32.2. The van der Waals surface area contributed by atoms with E-state index in [1.807, 2.05) is 0 Å². The molecular formula is C38H12O3S. The number of carbonyl (C=O) groups is 1. The van der Waals surface area contributed by atoms with Crippen LogP contribution in [0.3, 0.4) is 0 Å². The van der Waals surface area contributed by atoms with E-state index in [4.69, 9.17) is 22.3 Å². The molecule has 0 unspecified atom stereocenters. The Balaban J connectivity index is 3.99. The van der Waals surface area contributed by atoms with Crippen LogP contribution < -0.4 is 0 Å². The van der Waals surface area contributed by atoms with E-state index in [1.54, 1.807) is 11.8 Å². The average molecular weight is 549 g/mol. The number of rotatable bonds is 7. The molecule has 188 valence electrons. The highest BCUT2D eigenvalue weighted by Gasteiger charge is 2.00. The van der Waals surface area contributed by atoms with Crippen molar-refractivity contribution in [3.8, 4) is 191 Å². The van der Waals surface area contributed by atoms with Gasteiger partial charge in [-0.1, -0.05) is 0 Å². The number of hydrogen-bond acceptors (Lipinski definition) is 4. The maximum absolute atomic E-state index is 11.6. The summed E-state index contributed by atoms with van der Waals surface area (Å²) in [6.07, 6.45) is 15.5. The van der Waals surface area contributed by atoms with E-state index < -0.39 is 5.97 Å². The maximum atomic E-state index is 11.6. The molecule has 0 radical (unpaired) electrons. The van der Waals surface area contributed by atoms with E-state index in [2.05, 4.69) is 178 Å². The number of carbonyl (C=O) groups excluding carboxylic acids is 1. The lowest BCUT2D eigenvalue weighted by Crippen LogP contribution is -2.01. The monoisotopic (exact) mass is 548 g/mol. The molecule has 3 nitrogen and oxygen atoms in total. The minimum atomic E-state index is -0.444. The van der Waals surface area contributed by atoms with Gasteiger partial charge in [0, 0.05) is 88.6 Å². The lowest BCUT2D eigenvalue weighted by Gasteiger charge is -1.99. The lowest BCUT2D eigenvalue weighted by atomic mass is 10.5. The zero-order chi connectivity index (χ0) is 30.4. The molecule has 0 rings (SSSR count). The first kappa shape index (κ1) is 34.6. The highest BCUT2D eigenvalue weighted by molar-refractivity contribution is 7.99. The molecule has 0 aromatic rings. The maximum Gasteiger partial charge on any atom is 0.320 e. The zero-order valence-corrected chi connectivity index (χ0v) is 22.6. The molecule has 0 aliphatic carbocycles. The number of ether oxygens (including phenoxy) is 2. The van der Waals surface area contributed by atoms with Gasteiger partial charge in [-0.15, -0.1) is 12.8 Å². The van der Waals surface area contributed by atoms with Crippen LogP contribution in [0.4, 0.5) is 0 Å². The Kier molecular flexibility index (Phi) is 26.0. The van der Waals surface area contributed by atoms with E-state index in [0.717, 1.165) is 12.2 Å². The molecule has 0 amide bonds. The third-order valence-electron chi connectivity index (χ3n) is 2.97. The molecule has 0 heterocycles. The van der Waals surface area contributed by atoms with Gasteiger partial charge in [-0.2, -0.15) is 11.8 Å². The molecule has 0 fully saturated rings. The fourth-order valence-electron chi connectivity index (χ4n) is 1.52. The van der Waals surface area contributed by atoms with Crippen molar-refractivity contribution >= 4 is 17.7 Å². The molecule has 0 N–H and O–H groups in total. The van der Waals surface area contributed by atoms with Crippen LogP contribution in [0.5, 0.6) is 0 Å². The molecule has 0 spiro atoms. The highest BCUT2D eigenvalue weighted by Crippen LogP contribution is 2.05. The second kappa shape index (κ2) is 31.6. The predicted octanol–water partition coefficient (Wildman–Crippen LogP) is 1.29. The van der Waals surface area contributed by atoms with Crippen LogP contribution in [-0.2, 0) is 14.3 Å². The van der Waals surface area contributed by atoms with Gasteiger partial charge in [0.25, 0.3) is 0 Å². The van der Waals surface area contributed by atoms with Crippen LogP contribution in [0.15, 0.2) is 0 Å². The summed E-state index contributed by atoms with van der Waals surface area (Å²) in [6, 6.07) is 0. The molecule has 0 aromatic carbocycles. The third kappa shape index (κ3) is 30.6. The van der Waals surface area contributed by atoms with Gasteiger partial charge in [0.1, 0.15) is 18.8 Å². The first-order chi connectivity index (χ1) is 20.8. The van der Waals surface area contributed by atoms with Crippen molar-refractivity contribution in [2.45, 2.75) is 12.8 Å². The molecule has 0 atom stereocenters. The minimum absolute atomic E-state index is 0.217. The summed E-state index contributed by atoms with van der Waals surface area (Å²) >= 11 is 1.58. The van der Waals surface area contributed by atoms with E-state index in [9.17, 15) is 4.79 Å². The second-order valence-corrected chi connectivity index (χ2v) is 7.01. The largest absolute Gasteiger partial charge is 0.446 e. The Bertz CT molecular complexity index is 2000. The van der Waals surface area contributed by atoms with Crippen LogP contribution in [0.1, 0.15) is 12.8 Å². The van der Waals surface area contributed by atoms with Crippen LogP contribution >= 0.6 is 11.8 Å². The molecule has 0 aliphatic rings. The van der Waals surface area contributed by atoms with Gasteiger partial charge >= 0.3 is 5.97 Å². The molecule has 0 saturated carbocycles. The van der Waals surface area contributed by atoms with Crippen molar-refractivity contribution in [1.29, 1.82) is 0 Å². The molecule has 0 aliphatic heterocycles. The normalized spacial score (nSPS) is 5.48. The van der Waals surface area contributed by atoms with Crippen molar-refractivity contribution in [2.24, 2.45) is 0 Å². The van der Waals surface area contributed by atoms with Gasteiger partial charge in [-0.25, -0.2) is 0 Å². The first-order valence-electron chi connectivity index (χ1n) is 11.1. The van der Waals surface area contributed by atoms with Crippen LogP contribution in [-0.4, -0.2) is 24.1 Å². The molecule has 0 saturated heterocycles. The van der Waals surface area contributed by atoms with Gasteiger partial charge in [0.2, 0.25) is 0 Å². The minimum Gasteiger partial charge on any atom is -0.446 e. The third-order valence-corrected chi connectivity index (χ3v) is 4.04. The zero-order valence-electron chi connectivity index (χ0n) is 21.8. The number of thioether (sulfide) groups is 1. The van der Waals surface area contributed by atoms with Gasteiger partial charge in [0.05, 0.1) is 6.42 Å². The summed E-state index contributed by atoms with van der Waals surface area (Å²) < 4.78 is 9.90. The fraction of sp³-hybridized carbons (Fsp3) is 0.132. The van der Waals surface area contributed by atoms with Crippen LogP contribution in [0.25, 0.3) is 0 Å². The van der Waals surface area contributed by atoms with Crippen molar-refractivity contribution in [1.82, 2.24) is 0 Å². The Labute approximate surface area is 253 Å². The predicted molar refractivity (Wildman–Crippen MR) is 165 cm³/mol. The quantitative estimate of drug-likeness (QED) is 0.273. The SMILES string of the molecule is C#CC#CC#CC#CC#CC#CC#CC#COCCCSCCC(=O)OC#CC#CC#CC#CC#CC#CC#CC#C. The summed E-state index contributed by atoms with van der Waals surface area (Å²) in [5.41, 5.74) is 0. The average Bonchev–Trinajstić information content (AvgIpc) is 3.00. The van der Waals surface area contributed by atoms with E-state index >= 15 is 0 Å². The van der Waals surface area contributed by atoms with Crippen molar-refractivity contribution < 1.29 is 14.3 Å². The smallest absolute Gasteiger partial charge is 0.320 e.